The predicted octanol–water partition coefficient (Wildman–Crippen LogP) is 7.30. The van der Waals surface area contributed by atoms with Crippen LogP contribution in [-0.4, -0.2) is 0 Å². The summed E-state index contributed by atoms with van der Waals surface area (Å²) < 4.78 is 0. The van der Waals surface area contributed by atoms with Crippen molar-refractivity contribution in [1.82, 2.24) is 0 Å². The lowest BCUT2D eigenvalue weighted by Crippen LogP contribution is -2.03. The Labute approximate surface area is 165 Å². The largest absolute Gasteiger partial charge is 0.136 e. The maximum absolute atomic E-state index is 2.23. The first-order chi connectivity index (χ1) is 13.4. The third-order valence-electron chi connectivity index (χ3n) is 4.68. The molecule has 0 nitrogen and oxygen atoms in total. The lowest BCUT2D eigenvalue weighted by molar-refractivity contribution is 1.10. The molecule has 4 rings (SSSR count). The van der Waals surface area contributed by atoms with Gasteiger partial charge >= 0.3 is 0 Å². The lowest BCUT2D eigenvalue weighted by Gasteiger charge is -2.25. The summed E-state index contributed by atoms with van der Waals surface area (Å²) in [5.74, 6) is 0. The molecule has 0 radical (unpaired) electrons. The Kier molecular flexibility index (Phi) is 5.71. The number of thioether (sulfide) groups is 1. The zero-order valence-electron chi connectivity index (χ0n) is 15.1. The van der Waals surface area contributed by atoms with Crippen molar-refractivity contribution in [3.05, 3.63) is 144 Å². The molecule has 0 amide bonds. The van der Waals surface area contributed by atoms with Crippen LogP contribution in [0.25, 0.3) is 0 Å². The molecule has 0 spiro atoms. The predicted molar refractivity (Wildman–Crippen MR) is 117 cm³/mol. The van der Waals surface area contributed by atoms with E-state index in [1.807, 2.05) is 11.8 Å². The van der Waals surface area contributed by atoms with E-state index in [2.05, 4.69) is 121 Å². The summed E-state index contributed by atoms with van der Waals surface area (Å²) >= 11 is 2.00. The molecule has 0 atom stereocenters. The van der Waals surface area contributed by atoms with Crippen molar-refractivity contribution in [3.63, 3.8) is 0 Å². The molecule has 4 aromatic carbocycles. The zero-order chi connectivity index (χ0) is 18.3. The lowest BCUT2D eigenvalue weighted by atomic mass is 10.0. The van der Waals surface area contributed by atoms with E-state index in [9.17, 15) is 0 Å². The van der Waals surface area contributed by atoms with Gasteiger partial charge in [-0.05, 0) is 22.3 Å². The van der Waals surface area contributed by atoms with Crippen molar-refractivity contribution in [2.75, 3.05) is 0 Å². The first-order valence-electron chi connectivity index (χ1n) is 9.27. The molecule has 0 aromatic heterocycles. The highest BCUT2D eigenvalue weighted by Gasteiger charge is 2.23. The first kappa shape index (κ1) is 17.6. The summed E-state index contributed by atoms with van der Waals surface area (Å²) in [6.07, 6.45) is 0. The van der Waals surface area contributed by atoms with E-state index in [0.29, 0.717) is 0 Å². The average molecular weight is 367 g/mol. The van der Waals surface area contributed by atoms with E-state index in [-0.39, 0.29) is 10.5 Å². The summed E-state index contributed by atoms with van der Waals surface area (Å²) in [4.78, 5) is 0. The Bertz CT molecular complexity index is 774. The second-order valence-corrected chi connectivity index (χ2v) is 7.75. The summed E-state index contributed by atoms with van der Waals surface area (Å²) in [6, 6.07) is 43.3. The van der Waals surface area contributed by atoms with E-state index in [1.165, 1.54) is 22.3 Å². The molecule has 0 unspecified atom stereocenters. The van der Waals surface area contributed by atoms with Gasteiger partial charge in [0.15, 0.2) is 0 Å². The second-order valence-electron chi connectivity index (χ2n) is 6.54. The van der Waals surface area contributed by atoms with Gasteiger partial charge in [0.2, 0.25) is 0 Å². The Hall–Kier alpha value is -2.77. The minimum Gasteiger partial charge on any atom is -0.136 e. The molecule has 0 saturated carbocycles. The Morgan fingerprint density at radius 1 is 0.333 bits per heavy atom. The Morgan fingerprint density at radius 3 is 0.778 bits per heavy atom. The topological polar surface area (TPSA) is 0 Å². The van der Waals surface area contributed by atoms with Crippen LogP contribution in [0, 0.1) is 0 Å². The van der Waals surface area contributed by atoms with Crippen LogP contribution in [0.1, 0.15) is 32.8 Å². The molecule has 0 heterocycles. The van der Waals surface area contributed by atoms with Crippen LogP contribution in [0.15, 0.2) is 121 Å². The first-order valence-corrected chi connectivity index (χ1v) is 10.2. The van der Waals surface area contributed by atoms with Gasteiger partial charge in [0.1, 0.15) is 0 Å². The van der Waals surface area contributed by atoms with E-state index >= 15 is 0 Å². The molecule has 0 bridgehead atoms. The molecule has 4 aromatic rings. The van der Waals surface area contributed by atoms with Gasteiger partial charge in [-0.3, -0.25) is 0 Å². The minimum absolute atomic E-state index is 0.276. The van der Waals surface area contributed by atoms with Gasteiger partial charge in [0, 0.05) is 0 Å². The fourth-order valence-corrected chi connectivity index (χ4v) is 4.88. The quantitative estimate of drug-likeness (QED) is 0.345. The van der Waals surface area contributed by atoms with Gasteiger partial charge in [-0.2, -0.15) is 0 Å². The Morgan fingerprint density at radius 2 is 0.556 bits per heavy atom. The monoisotopic (exact) mass is 366 g/mol. The smallest absolute Gasteiger partial charge is 0.0556 e. The number of hydrogen-bond acceptors (Lipinski definition) is 1. The van der Waals surface area contributed by atoms with Crippen molar-refractivity contribution in [3.8, 4) is 0 Å². The Balaban J connectivity index is 1.77. The number of rotatable bonds is 6. The van der Waals surface area contributed by atoms with Crippen LogP contribution in [0.2, 0.25) is 0 Å². The fourth-order valence-electron chi connectivity index (χ4n) is 3.35. The molecule has 0 aliphatic rings. The standard InChI is InChI=1S/C26H22S/c1-5-13-21(14-6-1)25(22-15-7-2-8-16-22)27-26(23-17-9-3-10-18-23)24-19-11-4-12-20-24/h1-20,25-26H. The van der Waals surface area contributed by atoms with Crippen LogP contribution < -0.4 is 0 Å². The van der Waals surface area contributed by atoms with Crippen LogP contribution >= 0.6 is 11.8 Å². The van der Waals surface area contributed by atoms with Crippen molar-refractivity contribution in [2.24, 2.45) is 0 Å². The highest BCUT2D eigenvalue weighted by Crippen LogP contribution is 2.47. The molecule has 0 aliphatic carbocycles. The summed E-state index contributed by atoms with van der Waals surface area (Å²) in [5, 5.41) is 0.552. The van der Waals surface area contributed by atoms with E-state index in [4.69, 9.17) is 0 Å². The van der Waals surface area contributed by atoms with Gasteiger partial charge in [0.05, 0.1) is 10.5 Å². The minimum atomic E-state index is 0.276. The third kappa shape index (κ3) is 4.32. The summed E-state index contributed by atoms with van der Waals surface area (Å²) in [5.41, 5.74) is 5.35. The maximum Gasteiger partial charge on any atom is 0.0556 e. The third-order valence-corrected chi connectivity index (χ3v) is 6.31. The maximum atomic E-state index is 2.23. The molecule has 0 saturated heterocycles. The highest BCUT2D eigenvalue weighted by molar-refractivity contribution is 8.00. The fraction of sp³-hybridized carbons (Fsp3) is 0.0769. The second kappa shape index (κ2) is 8.75. The highest BCUT2D eigenvalue weighted by atomic mass is 32.2. The van der Waals surface area contributed by atoms with Gasteiger partial charge in [0.25, 0.3) is 0 Å². The van der Waals surface area contributed by atoms with Gasteiger partial charge < -0.3 is 0 Å². The van der Waals surface area contributed by atoms with E-state index in [1.54, 1.807) is 0 Å². The average Bonchev–Trinajstić information content (AvgIpc) is 2.77. The SMILES string of the molecule is c1ccc(C(SC(c2ccccc2)c2ccccc2)c2ccccc2)cc1. The van der Waals surface area contributed by atoms with Crippen molar-refractivity contribution < 1.29 is 0 Å². The van der Waals surface area contributed by atoms with Crippen molar-refractivity contribution >= 4 is 11.8 Å². The number of benzene rings is 4. The summed E-state index contributed by atoms with van der Waals surface area (Å²) in [7, 11) is 0. The van der Waals surface area contributed by atoms with Gasteiger partial charge in [-0.25, -0.2) is 0 Å². The van der Waals surface area contributed by atoms with Crippen LogP contribution in [0.3, 0.4) is 0 Å². The van der Waals surface area contributed by atoms with Crippen LogP contribution in [0.5, 0.6) is 0 Å². The number of hydrogen-bond donors (Lipinski definition) is 0. The van der Waals surface area contributed by atoms with Gasteiger partial charge in [-0.1, -0.05) is 121 Å². The molecule has 1 heteroatoms. The van der Waals surface area contributed by atoms with Crippen molar-refractivity contribution in [2.45, 2.75) is 10.5 Å². The molecule has 0 fully saturated rings. The van der Waals surface area contributed by atoms with Gasteiger partial charge in [-0.15, -0.1) is 11.8 Å². The molecule has 0 N–H and O–H groups in total. The molecular weight excluding hydrogens is 344 g/mol. The molecule has 0 aliphatic heterocycles. The molecule has 132 valence electrons. The van der Waals surface area contributed by atoms with Crippen LogP contribution in [0.4, 0.5) is 0 Å². The van der Waals surface area contributed by atoms with E-state index in [0.717, 1.165) is 0 Å². The van der Waals surface area contributed by atoms with E-state index < -0.39 is 0 Å². The summed E-state index contributed by atoms with van der Waals surface area (Å²) in [6.45, 7) is 0. The van der Waals surface area contributed by atoms with Crippen molar-refractivity contribution in [1.29, 1.82) is 0 Å². The molecular formula is C26H22S. The molecule has 27 heavy (non-hydrogen) atoms. The van der Waals surface area contributed by atoms with Crippen LogP contribution in [-0.2, 0) is 0 Å². The zero-order valence-corrected chi connectivity index (χ0v) is 15.9. The normalized spacial score (nSPS) is 11.0.